The van der Waals surface area contributed by atoms with Crippen molar-refractivity contribution in [3.05, 3.63) is 234 Å². The van der Waals surface area contributed by atoms with Crippen LogP contribution in [-0.2, 0) is 10.8 Å². The van der Waals surface area contributed by atoms with Gasteiger partial charge in [-0.3, -0.25) is 4.57 Å². The largest absolute Gasteiger partial charge is 0.503 e. The summed E-state index contributed by atoms with van der Waals surface area (Å²) in [6.07, 6.45) is 1.90. The zero-order valence-electron chi connectivity index (χ0n) is 48.1. The van der Waals surface area contributed by atoms with Crippen LogP contribution in [0, 0.1) is 11.6 Å². The van der Waals surface area contributed by atoms with Gasteiger partial charge in [0.05, 0.1) is 44.9 Å². The number of benzene rings is 9. The molecular formula is C74H65F2N5O+2. The predicted octanol–water partition coefficient (Wildman–Crippen LogP) is 20.4. The van der Waals surface area contributed by atoms with Crippen molar-refractivity contribution in [3.8, 4) is 45.3 Å². The van der Waals surface area contributed by atoms with Gasteiger partial charge in [-0.1, -0.05) is 154 Å². The number of hydrogen-bond donors (Lipinski definition) is 0. The Bertz CT molecular complexity index is 4550. The average molecular weight is 1080 g/mol. The van der Waals surface area contributed by atoms with Crippen LogP contribution in [-0.4, -0.2) is 20.1 Å². The molecule has 3 aromatic heterocycles. The third kappa shape index (κ3) is 9.18. The van der Waals surface area contributed by atoms with E-state index in [1.165, 1.54) is 28.8 Å². The fourth-order valence-electron chi connectivity index (χ4n) is 11.9. The molecule has 13 rings (SSSR count). The Morgan fingerprint density at radius 1 is 0.463 bits per heavy atom. The summed E-state index contributed by atoms with van der Waals surface area (Å²) in [6, 6.07) is 69.8. The summed E-state index contributed by atoms with van der Waals surface area (Å²) in [6.45, 7) is 22.1. The van der Waals surface area contributed by atoms with Crippen molar-refractivity contribution in [2.75, 3.05) is 0 Å². The molecule has 0 radical (unpaired) electrons. The summed E-state index contributed by atoms with van der Waals surface area (Å²) in [7, 11) is 0. The molecule has 0 atom stereocenters. The van der Waals surface area contributed by atoms with Crippen LogP contribution in [0.25, 0.3) is 77.4 Å². The van der Waals surface area contributed by atoms with Crippen LogP contribution in [0.4, 0.5) is 31.5 Å². The molecule has 0 aliphatic carbocycles. The number of fused-ring (bicyclic) bond motifs is 7. The molecule has 0 unspecified atom stereocenters. The van der Waals surface area contributed by atoms with Gasteiger partial charge in [-0.25, -0.2) is 13.8 Å². The molecule has 0 amide bonds. The minimum Gasteiger partial charge on any atom is -0.457 e. The van der Waals surface area contributed by atoms with E-state index in [9.17, 15) is 0 Å². The molecule has 6 nitrogen and oxygen atoms in total. The summed E-state index contributed by atoms with van der Waals surface area (Å²) in [5.41, 5.74) is 15.6. The molecule has 4 heterocycles. The molecule has 0 N–H and O–H groups in total. The average Bonchev–Trinajstić information content (AvgIpc) is 4.24. The van der Waals surface area contributed by atoms with E-state index >= 15 is 8.78 Å². The summed E-state index contributed by atoms with van der Waals surface area (Å²) >= 11 is 0. The normalized spacial score (nSPS) is 12.8. The first kappa shape index (κ1) is 52.2. The van der Waals surface area contributed by atoms with Crippen molar-refractivity contribution in [1.29, 1.82) is 0 Å². The van der Waals surface area contributed by atoms with E-state index in [-0.39, 0.29) is 22.7 Å². The van der Waals surface area contributed by atoms with Gasteiger partial charge in [-0.05, 0) is 132 Å². The second-order valence-corrected chi connectivity index (χ2v) is 24.6. The lowest BCUT2D eigenvalue weighted by Crippen LogP contribution is -2.13. The number of pyridine rings is 1. The molecule has 1 aliphatic heterocycles. The molecule has 0 fully saturated rings. The van der Waals surface area contributed by atoms with Gasteiger partial charge < -0.3 is 9.30 Å². The Balaban J connectivity index is 1.09. The summed E-state index contributed by atoms with van der Waals surface area (Å²) in [5, 5.41) is 4.49. The number of ether oxygens (including phenoxy) is 1. The Morgan fingerprint density at radius 2 is 0.988 bits per heavy atom. The molecule has 1 aliphatic rings. The summed E-state index contributed by atoms with van der Waals surface area (Å²) < 4.78 is 47.4. The molecule has 0 bridgehead atoms. The second kappa shape index (κ2) is 19.8. The van der Waals surface area contributed by atoms with E-state index in [0.29, 0.717) is 22.6 Å². The van der Waals surface area contributed by atoms with Crippen LogP contribution in [0.2, 0.25) is 0 Å². The Morgan fingerprint density at radius 3 is 1.56 bits per heavy atom. The highest BCUT2D eigenvalue weighted by molar-refractivity contribution is 6.10. The minimum atomic E-state index is -0.648. The maximum absolute atomic E-state index is 15.7. The molecule has 0 saturated heterocycles. The lowest BCUT2D eigenvalue weighted by molar-refractivity contribution is 0.483. The fraction of sp³-hybridized carbons (Fsp3) is 0.189. The maximum Gasteiger partial charge on any atom is 0.503 e. The SMILES string of the molecule is CC(C)c1cc(-c2cc(C(C)(C)C)cc(-c3cc(F)cc(F)c3)c2[N+]2=C=[N+](c3cc(Oc4ccc5c6ccccc6n(-c6cc(C(C)(C)C)ccn6)c5c4)cc(-n4c5ccccc5c5ccccc54)c3)c3ccccc32)cc(C(C)C)c1. The lowest BCUT2D eigenvalue weighted by Gasteiger charge is -2.23. The van der Waals surface area contributed by atoms with Gasteiger partial charge >= 0.3 is 6.01 Å². The summed E-state index contributed by atoms with van der Waals surface area (Å²) in [5.74, 6) is 1.31. The number of nitrogens with zero attached hydrogens (tertiary/aromatic N) is 5. The molecule has 404 valence electrons. The standard InChI is InChI=1S/C74H65F2N5O/c1-45(2)47-31-48(46(3)4)33-49(32-47)63-36-52(74(8,9)10)37-64(50-34-53(75)39-54(76)35-50)72(63)79-44-78(68-25-17-18-26-69(68)79)55-40-56(80-65-22-14-11-19-59(65)60-20-12-15-23-66(60)80)42-58(41-55)82-57-27-28-62-61-21-13-16-24-67(61)81(70(62)43-57)71-38-51(29-30-77-71)73(5,6)7/h11-43,45-46H,1-10H3/q+2. The zero-order valence-corrected chi connectivity index (χ0v) is 48.1. The van der Waals surface area contributed by atoms with Crippen LogP contribution in [0.5, 0.6) is 11.5 Å². The van der Waals surface area contributed by atoms with Crippen LogP contribution < -0.4 is 13.9 Å². The van der Waals surface area contributed by atoms with E-state index < -0.39 is 11.6 Å². The van der Waals surface area contributed by atoms with Crippen molar-refractivity contribution >= 4 is 72.4 Å². The molecule has 0 spiro atoms. The summed E-state index contributed by atoms with van der Waals surface area (Å²) in [4.78, 5) is 4.96. The van der Waals surface area contributed by atoms with Crippen molar-refractivity contribution in [1.82, 2.24) is 23.3 Å². The third-order valence-corrected chi connectivity index (χ3v) is 16.3. The molecule has 12 aromatic rings. The van der Waals surface area contributed by atoms with E-state index in [4.69, 9.17) is 9.72 Å². The van der Waals surface area contributed by atoms with Crippen LogP contribution >= 0.6 is 0 Å². The Labute approximate surface area is 478 Å². The highest BCUT2D eigenvalue weighted by Crippen LogP contribution is 2.49. The molecule has 0 saturated carbocycles. The molecular weight excluding hydrogens is 1010 g/mol. The van der Waals surface area contributed by atoms with Gasteiger partial charge in [-0.15, -0.1) is 0 Å². The monoisotopic (exact) mass is 1080 g/mol. The van der Waals surface area contributed by atoms with E-state index in [1.807, 2.05) is 18.3 Å². The topological polar surface area (TPSA) is 38.0 Å². The first-order valence-electron chi connectivity index (χ1n) is 28.4. The van der Waals surface area contributed by atoms with Gasteiger partial charge in [0, 0.05) is 64.1 Å². The third-order valence-electron chi connectivity index (χ3n) is 16.3. The highest BCUT2D eigenvalue weighted by atomic mass is 19.1. The number of para-hydroxylation sites is 5. The Hall–Kier alpha value is -9.23. The smallest absolute Gasteiger partial charge is 0.457 e. The van der Waals surface area contributed by atoms with E-state index in [2.05, 4.69) is 257 Å². The molecule has 9 aromatic carbocycles. The fourth-order valence-corrected chi connectivity index (χ4v) is 11.9. The first-order chi connectivity index (χ1) is 39.4. The van der Waals surface area contributed by atoms with Crippen molar-refractivity contribution in [3.63, 3.8) is 0 Å². The van der Waals surface area contributed by atoms with Gasteiger partial charge in [0.1, 0.15) is 29.0 Å². The first-order valence-corrected chi connectivity index (χ1v) is 28.4. The van der Waals surface area contributed by atoms with Crippen molar-refractivity contribution in [2.45, 2.75) is 91.9 Å². The number of hydrogen-bond acceptors (Lipinski definition) is 2. The van der Waals surface area contributed by atoms with Crippen molar-refractivity contribution < 1.29 is 13.5 Å². The maximum atomic E-state index is 15.7. The lowest BCUT2D eigenvalue weighted by atomic mass is 9.81. The van der Waals surface area contributed by atoms with Crippen LogP contribution in [0.3, 0.4) is 0 Å². The predicted molar refractivity (Wildman–Crippen MR) is 337 cm³/mol. The highest BCUT2D eigenvalue weighted by Gasteiger charge is 2.41. The van der Waals surface area contributed by atoms with E-state index in [1.54, 1.807) is 0 Å². The van der Waals surface area contributed by atoms with E-state index in [0.717, 1.165) is 101 Å². The van der Waals surface area contributed by atoms with Gasteiger partial charge in [0.15, 0.2) is 0 Å². The number of rotatable bonds is 10. The minimum absolute atomic E-state index is 0.0787. The van der Waals surface area contributed by atoms with Crippen LogP contribution in [0.1, 0.15) is 103 Å². The van der Waals surface area contributed by atoms with Gasteiger partial charge in [0.2, 0.25) is 11.4 Å². The van der Waals surface area contributed by atoms with Crippen LogP contribution in [0.15, 0.2) is 200 Å². The molecule has 8 heteroatoms. The zero-order chi connectivity index (χ0) is 56.9. The molecule has 82 heavy (non-hydrogen) atoms. The number of halogens is 2. The van der Waals surface area contributed by atoms with Gasteiger partial charge in [-0.2, -0.15) is 0 Å². The number of aromatic nitrogens is 3. The van der Waals surface area contributed by atoms with Crippen molar-refractivity contribution in [2.24, 2.45) is 0 Å². The quantitative estimate of drug-likeness (QED) is 0.128. The Kier molecular flexibility index (Phi) is 12.6. The van der Waals surface area contributed by atoms with Gasteiger partial charge in [0.25, 0.3) is 11.4 Å². The second-order valence-electron chi connectivity index (χ2n) is 24.6.